The Kier molecular flexibility index (Phi) is 4.80. The van der Waals surface area contributed by atoms with E-state index in [9.17, 15) is 4.79 Å². The smallest absolute Gasteiger partial charge is 0.258 e. The molecule has 2 aliphatic rings. The number of nitrogens with one attached hydrogen (secondary N) is 1. The van der Waals surface area contributed by atoms with E-state index < -0.39 is 0 Å². The number of benzene rings is 2. The van der Waals surface area contributed by atoms with Crippen LogP contribution in [0.25, 0.3) is 11.3 Å². The molecule has 1 atom stereocenters. The number of aryl methyl sites for hydroxylation is 1. The molecule has 0 saturated heterocycles. The van der Waals surface area contributed by atoms with E-state index in [-0.39, 0.29) is 18.1 Å². The van der Waals surface area contributed by atoms with Crippen molar-refractivity contribution in [3.63, 3.8) is 0 Å². The van der Waals surface area contributed by atoms with Crippen LogP contribution in [0.1, 0.15) is 41.3 Å². The fraction of sp³-hybridized carbons (Fsp3) is 0.261. The number of nitriles is 1. The van der Waals surface area contributed by atoms with Gasteiger partial charge in [0.25, 0.3) is 5.91 Å². The number of aromatic nitrogens is 2. The zero-order valence-electron chi connectivity index (χ0n) is 16.3. The summed E-state index contributed by atoms with van der Waals surface area (Å²) < 4.78 is 2.78. The summed E-state index contributed by atoms with van der Waals surface area (Å²) in [6, 6.07) is 18.1. The van der Waals surface area contributed by atoms with Crippen LogP contribution in [0.15, 0.2) is 59.2 Å². The highest BCUT2D eigenvalue weighted by Crippen LogP contribution is 2.43. The number of anilines is 1. The molecule has 150 valence electrons. The van der Waals surface area contributed by atoms with Crippen LogP contribution in [0.3, 0.4) is 0 Å². The van der Waals surface area contributed by atoms with Crippen molar-refractivity contribution in [1.29, 1.82) is 5.26 Å². The second-order valence-electron chi connectivity index (χ2n) is 7.65. The predicted molar refractivity (Wildman–Crippen MR) is 118 cm³/mol. The molecule has 2 aromatic carbocycles. The Hall–Kier alpha value is -3.11. The second kappa shape index (κ2) is 7.62. The fourth-order valence-corrected chi connectivity index (χ4v) is 4.40. The lowest BCUT2D eigenvalue weighted by Crippen LogP contribution is -2.44. The normalized spacial score (nSPS) is 17.9. The summed E-state index contributed by atoms with van der Waals surface area (Å²) in [5.41, 5.74) is 4.29. The molecule has 0 radical (unpaired) electrons. The van der Waals surface area contributed by atoms with Gasteiger partial charge in [0.1, 0.15) is 6.17 Å². The standard InChI is InChI=1S/C23H20BrN5O/c24-16-6-3-5-15(13-16)21-19(14-28(27-21)12-4-11-25)22-26-20-8-2-1-7-18(20)23(30)29(22)17-9-10-17/h1-3,5-8,13-14,17,22,26H,4,9-10,12H2. The zero-order chi connectivity index (χ0) is 20.7. The lowest BCUT2D eigenvalue weighted by atomic mass is 10.0. The van der Waals surface area contributed by atoms with Crippen molar-refractivity contribution in [1.82, 2.24) is 14.7 Å². The summed E-state index contributed by atoms with van der Waals surface area (Å²) in [5, 5.41) is 17.4. The Labute approximate surface area is 183 Å². The van der Waals surface area contributed by atoms with Gasteiger partial charge in [-0.15, -0.1) is 0 Å². The monoisotopic (exact) mass is 461 g/mol. The molecule has 1 fully saturated rings. The van der Waals surface area contributed by atoms with Gasteiger partial charge in [-0.05, 0) is 37.1 Å². The van der Waals surface area contributed by atoms with Crippen molar-refractivity contribution in [2.75, 3.05) is 5.32 Å². The summed E-state index contributed by atoms with van der Waals surface area (Å²) in [5.74, 6) is 0.0572. The van der Waals surface area contributed by atoms with Gasteiger partial charge in [0.2, 0.25) is 0 Å². The van der Waals surface area contributed by atoms with Crippen LogP contribution in [0.2, 0.25) is 0 Å². The number of amides is 1. The Morgan fingerprint density at radius 1 is 1.20 bits per heavy atom. The quantitative estimate of drug-likeness (QED) is 0.582. The first-order valence-corrected chi connectivity index (χ1v) is 10.8. The molecule has 1 N–H and O–H groups in total. The minimum Gasteiger partial charge on any atom is -0.361 e. The third-order valence-corrected chi connectivity index (χ3v) is 6.03. The Bertz CT molecular complexity index is 1160. The molecular weight excluding hydrogens is 442 g/mol. The van der Waals surface area contributed by atoms with Crippen molar-refractivity contribution in [2.24, 2.45) is 0 Å². The van der Waals surface area contributed by atoms with E-state index in [0.717, 1.165) is 39.8 Å². The highest BCUT2D eigenvalue weighted by Gasteiger charge is 2.43. The van der Waals surface area contributed by atoms with E-state index in [2.05, 4.69) is 27.3 Å². The van der Waals surface area contributed by atoms with Crippen molar-refractivity contribution >= 4 is 27.5 Å². The molecule has 5 rings (SSSR count). The van der Waals surface area contributed by atoms with Crippen molar-refractivity contribution < 1.29 is 4.79 Å². The third-order valence-electron chi connectivity index (χ3n) is 5.54. The predicted octanol–water partition coefficient (Wildman–Crippen LogP) is 4.96. The number of hydrogen-bond donors (Lipinski definition) is 1. The van der Waals surface area contributed by atoms with Crippen LogP contribution < -0.4 is 5.32 Å². The first-order valence-electron chi connectivity index (χ1n) is 10.0. The number of para-hydroxylation sites is 1. The third kappa shape index (κ3) is 3.37. The molecule has 1 aromatic heterocycles. The number of hydrogen-bond acceptors (Lipinski definition) is 4. The zero-order valence-corrected chi connectivity index (χ0v) is 17.8. The minimum atomic E-state index is -0.301. The molecule has 1 saturated carbocycles. The van der Waals surface area contributed by atoms with E-state index in [0.29, 0.717) is 18.5 Å². The average Bonchev–Trinajstić information content (AvgIpc) is 3.50. The maximum absolute atomic E-state index is 13.4. The molecule has 2 heterocycles. The molecule has 1 aliphatic carbocycles. The van der Waals surface area contributed by atoms with Gasteiger partial charge in [-0.2, -0.15) is 10.4 Å². The summed E-state index contributed by atoms with van der Waals surface area (Å²) in [4.78, 5) is 15.3. The Morgan fingerprint density at radius 2 is 2.03 bits per heavy atom. The lowest BCUT2D eigenvalue weighted by molar-refractivity contribution is 0.0667. The average molecular weight is 462 g/mol. The largest absolute Gasteiger partial charge is 0.361 e. The molecular formula is C23H20BrN5O. The van der Waals surface area contributed by atoms with Crippen molar-refractivity contribution in [3.8, 4) is 17.3 Å². The summed E-state index contributed by atoms with van der Waals surface area (Å²) in [7, 11) is 0. The van der Waals surface area contributed by atoms with Gasteiger partial charge in [-0.25, -0.2) is 0 Å². The lowest BCUT2D eigenvalue weighted by Gasteiger charge is -2.38. The van der Waals surface area contributed by atoms with Crippen LogP contribution in [0, 0.1) is 11.3 Å². The molecule has 1 amide bonds. The second-order valence-corrected chi connectivity index (χ2v) is 8.57. The van der Waals surface area contributed by atoms with Gasteiger partial charge in [0.15, 0.2) is 0 Å². The van der Waals surface area contributed by atoms with E-state index in [1.54, 1.807) is 0 Å². The van der Waals surface area contributed by atoms with Crippen LogP contribution in [0.4, 0.5) is 5.69 Å². The molecule has 3 aromatic rings. The molecule has 0 spiro atoms. The van der Waals surface area contributed by atoms with Gasteiger partial charge in [0.05, 0.1) is 30.3 Å². The SMILES string of the molecule is N#CCCn1cc(C2Nc3ccccc3C(=O)N2C2CC2)c(-c2cccc(Br)c2)n1. The van der Waals surface area contributed by atoms with Crippen LogP contribution in [0.5, 0.6) is 0 Å². The molecule has 1 unspecified atom stereocenters. The maximum Gasteiger partial charge on any atom is 0.258 e. The minimum absolute atomic E-state index is 0.0572. The first kappa shape index (κ1) is 18.9. The number of carbonyl (C=O) groups excluding carboxylic acids is 1. The highest BCUT2D eigenvalue weighted by molar-refractivity contribution is 9.10. The molecule has 6 nitrogen and oxygen atoms in total. The van der Waals surface area contributed by atoms with Gasteiger partial charge in [-0.1, -0.05) is 40.2 Å². The number of carbonyl (C=O) groups is 1. The van der Waals surface area contributed by atoms with Crippen molar-refractivity contribution in [2.45, 2.75) is 38.0 Å². The maximum atomic E-state index is 13.4. The van der Waals surface area contributed by atoms with Crippen LogP contribution in [-0.4, -0.2) is 26.6 Å². The van der Waals surface area contributed by atoms with Gasteiger partial charge in [-0.3, -0.25) is 9.48 Å². The highest BCUT2D eigenvalue weighted by atomic mass is 79.9. The van der Waals surface area contributed by atoms with E-state index in [1.807, 2.05) is 64.3 Å². The summed E-state index contributed by atoms with van der Waals surface area (Å²) in [6.07, 6.45) is 4.08. The Balaban J connectivity index is 1.63. The number of halogens is 1. The molecule has 30 heavy (non-hydrogen) atoms. The van der Waals surface area contributed by atoms with E-state index >= 15 is 0 Å². The number of rotatable bonds is 5. The summed E-state index contributed by atoms with van der Waals surface area (Å²) in [6.45, 7) is 0.512. The summed E-state index contributed by atoms with van der Waals surface area (Å²) >= 11 is 3.55. The first-order chi connectivity index (χ1) is 14.7. The van der Waals surface area contributed by atoms with Gasteiger partial charge >= 0.3 is 0 Å². The van der Waals surface area contributed by atoms with Crippen molar-refractivity contribution in [3.05, 3.63) is 70.3 Å². The fourth-order valence-electron chi connectivity index (χ4n) is 4.00. The molecule has 7 heteroatoms. The van der Waals surface area contributed by atoms with Crippen LogP contribution >= 0.6 is 15.9 Å². The molecule has 1 aliphatic heterocycles. The van der Waals surface area contributed by atoms with E-state index in [1.165, 1.54) is 0 Å². The van der Waals surface area contributed by atoms with E-state index in [4.69, 9.17) is 10.4 Å². The van der Waals surface area contributed by atoms with Gasteiger partial charge in [0, 0.05) is 33.5 Å². The van der Waals surface area contributed by atoms with Crippen LogP contribution in [-0.2, 0) is 6.54 Å². The Morgan fingerprint density at radius 3 is 2.80 bits per heavy atom. The topological polar surface area (TPSA) is 74.0 Å². The number of nitrogens with zero attached hydrogens (tertiary/aromatic N) is 4. The molecule has 0 bridgehead atoms. The van der Waals surface area contributed by atoms with Gasteiger partial charge < -0.3 is 10.2 Å². The number of fused-ring (bicyclic) bond motifs is 1.